The van der Waals surface area contributed by atoms with Gasteiger partial charge in [0, 0.05) is 17.4 Å². The highest BCUT2D eigenvalue weighted by molar-refractivity contribution is 7.99. The standard InChI is InChI=1S/C14H15Cl2FN2S/c1-20-13-4-2-3-11(13)19-12-5-8(16)9(17)6-10(12)18-14(19)7-15/h5-6,11,13H,2-4,7H2,1H3. The Labute approximate surface area is 131 Å². The molecule has 2 atom stereocenters. The van der Waals surface area contributed by atoms with Crippen LogP contribution in [0.3, 0.4) is 0 Å². The predicted octanol–water partition coefficient (Wildman–Crippen LogP) is 5.02. The van der Waals surface area contributed by atoms with E-state index in [1.165, 1.54) is 18.9 Å². The molecule has 2 aromatic rings. The monoisotopic (exact) mass is 332 g/mol. The Kier molecular flexibility index (Phi) is 4.16. The molecule has 1 aromatic carbocycles. The van der Waals surface area contributed by atoms with E-state index in [1.54, 1.807) is 6.07 Å². The van der Waals surface area contributed by atoms with Crippen molar-refractivity contribution in [2.45, 2.75) is 36.4 Å². The number of imidazole rings is 1. The lowest BCUT2D eigenvalue weighted by Crippen LogP contribution is -2.17. The largest absolute Gasteiger partial charge is 0.323 e. The van der Waals surface area contributed by atoms with Gasteiger partial charge in [-0.2, -0.15) is 11.8 Å². The maximum Gasteiger partial charge on any atom is 0.144 e. The Hall–Kier alpha value is -0.450. The second kappa shape index (κ2) is 5.74. The molecule has 3 rings (SSSR count). The van der Waals surface area contributed by atoms with Crippen LogP contribution in [0.2, 0.25) is 5.02 Å². The van der Waals surface area contributed by atoms with Crippen LogP contribution in [0.15, 0.2) is 12.1 Å². The summed E-state index contributed by atoms with van der Waals surface area (Å²) in [5.41, 5.74) is 1.52. The molecular formula is C14H15Cl2FN2S. The third-order valence-electron chi connectivity index (χ3n) is 3.98. The number of hydrogen-bond donors (Lipinski definition) is 0. The van der Waals surface area contributed by atoms with Crippen molar-refractivity contribution in [2.24, 2.45) is 0 Å². The van der Waals surface area contributed by atoms with Crippen LogP contribution >= 0.6 is 35.0 Å². The van der Waals surface area contributed by atoms with Crippen molar-refractivity contribution < 1.29 is 4.39 Å². The van der Waals surface area contributed by atoms with E-state index < -0.39 is 5.82 Å². The summed E-state index contributed by atoms with van der Waals surface area (Å²) in [7, 11) is 0. The molecule has 0 spiro atoms. The van der Waals surface area contributed by atoms with Crippen LogP contribution in [0.4, 0.5) is 4.39 Å². The van der Waals surface area contributed by atoms with E-state index in [2.05, 4.69) is 15.8 Å². The summed E-state index contributed by atoms with van der Waals surface area (Å²) in [6.07, 6.45) is 5.64. The van der Waals surface area contributed by atoms with Gasteiger partial charge in [-0.15, -0.1) is 11.6 Å². The summed E-state index contributed by atoms with van der Waals surface area (Å²) >= 11 is 13.8. The average molecular weight is 333 g/mol. The lowest BCUT2D eigenvalue weighted by Gasteiger charge is -2.22. The van der Waals surface area contributed by atoms with Crippen LogP contribution in [-0.2, 0) is 5.88 Å². The Morgan fingerprint density at radius 2 is 2.25 bits per heavy atom. The number of benzene rings is 1. The summed E-state index contributed by atoms with van der Waals surface area (Å²) in [6.45, 7) is 0. The molecule has 1 aliphatic rings. The van der Waals surface area contributed by atoms with Crippen LogP contribution in [-0.4, -0.2) is 21.1 Å². The van der Waals surface area contributed by atoms with Gasteiger partial charge in [-0.3, -0.25) is 0 Å². The quantitative estimate of drug-likeness (QED) is 0.734. The van der Waals surface area contributed by atoms with Crippen molar-refractivity contribution in [1.82, 2.24) is 9.55 Å². The van der Waals surface area contributed by atoms with Crippen LogP contribution in [0, 0.1) is 5.82 Å². The van der Waals surface area contributed by atoms with E-state index in [0.717, 1.165) is 17.8 Å². The zero-order valence-corrected chi connectivity index (χ0v) is 13.4. The molecule has 1 heterocycles. The van der Waals surface area contributed by atoms with Crippen molar-refractivity contribution in [3.63, 3.8) is 0 Å². The smallest absolute Gasteiger partial charge is 0.144 e. The number of nitrogens with zero attached hydrogens (tertiary/aromatic N) is 2. The molecule has 2 nitrogen and oxygen atoms in total. The topological polar surface area (TPSA) is 17.8 Å². The first-order valence-corrected chi connectivity index (χ1v) is 8.80. The summed E-state index contributed by atoms with van der Waals surface area (Å²) in [6, 6.07) is 3.43. The van der Waals surface area contributed by atoms with Crippen LogP contribution in [0.1, 0.15) is 31.1 Å². The maximum absolute atomic E-state index is 13.6. The third kappa shape index (κ3) is 2.32. The zero-order valence-electron chi connectivity index (χ0n) is 11.1. The average Bonchev–Trinajstić information content (AvgIpc) is 3.02. The van der Waals surface area contributed by atoms with Gasteiger partial charge in [-0.25, -0.2) is 9.37 Å². The normalized spacial score (nSPS) is 22.8. The minimum atomic E-state index is -0.433. The number of fused-ring (bicyclic) bond motifs is 1. The Balaban J connectivity index is 2.19. The predicted molar refractivity (Wildman–Crippen MR) is 84.4 cm³/mol. The number of halogens is 3. The first-order valence-electron chi connectivity index (χ1n) is 6.60. The molecule has 0 saturated heterocycles. The van der Waals surface area contributed by atoms with Gasteiger partial charge in [0.25, 0.3) is 0 Å². The highest BCUT2D eigenvalue weighted by Crippen LogP contribution is 2.40. The number of alkyl halides is 1. The SMILES string of the molecule is CSC1CCCC1n1c(CCl)nc2cc(F)c(Cl)cc21. The lowest BCUT2D eigenvalue weighted by atomic mass is 10.2. The first-order chi connectivity index (χ1) is 9.65. The highest BCUT2D eigenvalue weighted by Gasteiger charge is 2.31. The Bertz CT molecular complexity index is 644. The molecule has 20 heavy (non-hydrogen) atoms. The van der Waals surface area contributed by atoms with Gasteiger partial charge in [0.2, 0.25) is 0 Å². The van der Waals surface area contributed by atoms with Crippen molar-refractivity contribution in [2.75, 3.05) is 6.26 Å². The van der Waals surface area contributed by atoms with E-state index in [-0.39, 0.29) is 5.02 Å². The van der Waals surface area contributed by atoms with E-state index in [4.69, 9.17) is 23.2 Å². The summed E-state index contributed by atoms with van der Waals surface area (Å²) < 4.78 is 15.8. The van der Waals surface area contributed by atoms with Gasteiger partial charge in [0.15, 0.2) is 0 Å². The Morgan fingerprint density at radius 1 is 1.45 bits per heavy atom. The molecule has 108 valence electrons. The molecule has 2 unspecified atom stereocenters. The molecule has 6 heteroatoms. The van der Waals surface area contributed by atoms with Crippen LogP contribution in [0.25, 0.3) is 11.0 Å². The second-order valence-corrected chi connectivity index (χ2v) is 6.81. The second-order valence-electron chi connectivity index (χ2n) is 5.06. The van der Waals surface area contributed by atoms with Gasteiger partial charge in [-0.1, -0.05) is 18.0 Å². The van der Waals surface area contributed by atoms with E-state index >= 15 is 0 Å². The van der Waals surface area contributed by atoms with Gasteiger partial charge >= 0.3 is 0 Å². The molecule has 1 fully saturated rings. The fourth-order valence-electron chi connectivity index (χ4n) is 3.08. The fourth-order valence-corrected chi connectivity index (χ4v) is 4.40. The summed E-state index contributed by atoms with van der Waals surface area (Å²) in [5, 5.41) is 0.691. The molecule has 0 radical (unpaired) electrons. The van der Waals surface area contributed by atoms with Crippen molar-refractivity contribution in [3.05, 3.63) is 28.8 Å². The van der Waals surface area contributed by atoms with Gasteiger partial charge in [0.05, 0.1) is 21.9 Å². The lowest BCUT2D eigenvalue weighted by molar-refractivity contribution is 0.527. The van der Waals surface area contributed by atoms with E-state index in [0.29, 0.717) is 22.7 Å². The zero-order chi connectivity index (χ0) is 14.3. The minimum Gasteiger partial charge on any atom is -0.323 e. The van der Waals surface area contributed by atoms with Gasteiger partial charge in [0.1, 0.15) is 11.6 Å². The molecule has 1 saturated carbocycles. The maximum atomic E-state index is 13.6. The first kappa shape index (κ1) is 14.5. The van der Waals surface area contributed by atoms with Crippen LogP contribution < -0.4 is 0 Å². The molecular weight excluding hydrogens is 318 g/mol. The van der Waals surface area contributed by atoms with Crippen molar-refractivity contribution in [1.29, 1.82) is 0 Å². The molecule has 1 aliphatic carbocycles. The number of rotatable bonds is 3. The minimum absolute atomic E-state index is 0.137. The van der Waals surface area contributed by atoms with E-state index in [1.807, 2.05) is 11.8 Å². The van der Waals surface area contributed by atoms with Crippen molar-refractivity contribution in [3.8, 4) is 0 Å². The molecule has 0 amide bonds. The summed E-state index contributed by atoms with van der Waals surface area (Å²) in [5.74, 6) is 0.693. The number of thioether (sulfide) groups is 1. The molecule has 0 N–H and O–H groups in total. The molecule has 0 aliphatic heterocycles. The van der Waals surface area contributed by atoms with Gasteiger partial charge in [-0.05, 0) is 25.2 Å². The Morgan fingerprint density at radius 3 is 2.95 bits per heavy atom. The molecule has 1 aromatic heterocycles. The number of hydrogen-bond acceptors (Lipinski definition) is 2. The van der Waals surface area contributed by atoms with E-state index in [9.17, 15) is 4.39 Å². The van der Waals surface area contributed by atoms with Gasteiger partial charge < -0.3 is 4.57 Å². The molecule has 0 bridgehead atoms. The van der Waals surface area contributed by atoms with Crippen LogP contribution in [0.5, 0.6) is 0 Å². The number of aromatic nitrogens is 2. The highest BCUT2D eigenvalue weighted by atomic mass is 35.5. The summed E-state index contributed by atoms with van der Waals surface area (Å²) in [4.78, 5) is 4.47. The third-order valence-corrected chi connectivity index (χ3v) is 5.66. The fraction of sp³-hybridized carbons (Fsp3) is 0.500. The van der Waals surface area contributed by atoms with Crippen molar-refractivity contribution >= 4 is 46.0 Å².